The summed E-state index contributed by atoms with van der Waals surface area (Å²) in [7, 11) is 0. The predicted octanol–water partition coefficient (Wildman–Crippen LogP) is 2.55. The van der Waals surface area contributed by atoms with E-state index in [0.29, 0.717) is 25.0 Å². The van der Waals surface area contributed by atoms with Crippen molar-refractivity contribution < 1.29 is 19.4 Å². The molecule has 1 aromatic rings. The molecule has 0 saturated carbocycles. The molecule has 1 heterocycles. The average Bonchev–Trinajstić information content (AvgIpc) is 3.13. The van der Waals surface area contributed by atoms with Crippen LogP contribution in [0.3, 0.4) is 0 Å². The topological polar surface area (TPSA) is 59.1 Å². The predicted molar refractivity (Wildman–Crippen MR) is 75.5 cm³/mol. The molecule has 0 radical (unpaired) electrons. The van der Waals surface area contributed by atoms with E-state index in [0.717, 1.165) is 0 Å². The van der Waals surface area contributed by atoms with Crippen LogP contribution in [0.15, 0.2) is 30.3 Å². The van der Waals surface area contributed by atoms with Gasteiger partial charge in [-0.2, -0.15) is 0 Å². The monoisotopic (exact) mass is 278 g/mol. The highest BCUT2D eigenvalue weighted by Gasteiger charge is 2.49. The van der Waals surface area contributed by atoms with Crippen LogP contribution in [0, 0.1) is 0 Å². The molecule has 0 bridgehead atoms. The van der Waals surface area contributed by atoms with Crippen molar-refractivity contribution in [2.75, 3.05) is 6.61 Å². The van der Waals surface area contributed by atoms with E-state index in [1.54, 1.807) is 38.1 Å². The summed E-state index contributed by atoms with van der Waals surface area (Å²) in [5.41, 5.74) is -0.650. The maximum Gasteiger partial charge on any atom is 0.338 e. The first kappa shape index (κ1) is 15.0. The Morgan fingerprint density at radius 3 is 2.55 bits per heavy atom. The largest absolute Gasteiger partial charge is 0.456 e. The van der Waals surface area contributed by atoms with Gasteiger partial charge in [0, 0.05) is 0 Å². The Bertz CT molecular complexity index is 457. The van der Waals surface area contributed by atoms with Crippen molar-refractivity contribution in [3.8, 4) is 0 Å². The van der Waals surface area contributed by atoms with Crippen LogP contribution in [-0.2, 0) is 9.47 Å². The van der Waals surface area contributed by atoms with Gasteiger partial charge in [0.25, 0.3) is 0 Å². The Hall–Kier alpha value is -1.39. The zero-order valence-corrected chi connectivity index (χ0v) is 12.3. The molecule has 4 nitrogen and oxygen atoms in total. The van der Waals surface area contributed by atoms with Crippen molar-refractivity contribution in [1.82, 2.24) is 0 Å². The van der Waals surface area contributed by atoms with E-state index >= 15 is 0 Å². The highest BCUT2D eigenvalue weighted by molar-refractivity contribution is 5.89. The molecule has 0 aliphatic carbocycles. The lowest BCUT2D eigenvalue weighted by Crippen LogP contribution is -2.34. The highest BCUT2D eigenvalue weighted by Crippen LogP contribution is 2.35. The lowest BCUT2D eigenvalue weighted by Gasteiger charge is -2.25. The minimum Gasteiger partial charge on any atom is -0.456 e. The van der Waals surface area contributed by atoms with Gasteiger partial charge >= 0.3 is 5.97 Å². The van der Waals surface area contributed by atoms with Crippen molar-refractivity contribution in [3.63, 3.8) is 0 Å². The molecule has 0 amide bonds. The van der Waals surface area contributed by atoms with Gasteiger partial charge in [-0.25, -0.2) is 4.79 Å². The first-order valence-corrected chi connectivity index (χ1v) is 6.93. The summed E-state index contributed by atoms with van der Waals surface area (Å²) in [5, 5.41) is 9.82. The van der Waals surface area contributed by atoms with E-state index in [4.69, 9.17) is 9.47 Å². The van der Waals surface area contributed by atoms with Gasteiger partial charge in [0.05, 0.1) is 17.8 Å². The second-order valence-electron chi connectivity index (χ2n) is 6.21. The number of epoxide rings is 1. The van der Waals surface area contributed by atoms with Gasteiger partial charge in [0.2, 0.25) is 0 Å². The van der Waals surface area contributed by atoms with E-state index in [-0.39, 0.29) is 12.1 Å². The Balaban J connectivity index is 2.00. The van der Waals surface area contributed by atoms with Crippen molar-refractivity contribution >= 4 is 5.97 Å². The van der Waals surface area contributed by atoms with Crippen molar-refractivity contribution in [2.45, 2.75) is 50.9 Å². The number of rotatable bonds is 6. The van der Waals surface area contributed by atoms with Crippen LogP contribution in [0.1, 0.15) is 44.0 Å². The molecule has 1 saturated heterocycles. The van der Waals surface area contributed by atoms with Gasteiger partial charge in [0.15, 0.2) is 0 Å². The Morgan fingerprint density at radius 2 is 2.05 bits per heavy atom. The van der Waals surface area contributed by atoms with Crippen LogP contribution in [0.4, 0.5) is 0 Å². The van der Waals surface area contributed by atoms with Crippen LogP contribution in [0.5, 0.6) is 0 Å². The quantitative estimate of drug-likeness (QED) is 0.642. The number of carbonyl (C=O) groups is 1. The third-order valence-electron chi connectivity index (χ3n) is 3.56. The van der Waals surface area contributed by atoms with Gasteiger partial charge in [-0.1, -0.05) is 18.2 Å². The summed E-state index contributed by atoms with van der Waals surface area (Å²) in [6.45, 7) is 6.02. The average molecular weight is 278 g/mol. The third-order valence-corrected chi connectivity index (χ3v) is 3.56. The van der Waals surface area contributed by atoms with Crippen LogP contribution >= 0.6 is 0 Å². The second kappa shape index (κ2) is 5.54. The van der Waals surface area contributed by atoms with Crippen molar-refractivity contribution in [3.05, 3.63) is 35.9 Å². The Labute approximate surface area is 119 Å². The molecule has 1 fully saturated rings. The fourth-order valence-corrected chi connectivity index (χ4v) is 2.04. The van der Waals surface area contributed by atoms with E-state index in [1.807, 2.05) is 13.0 Å². The van der Waals surface area contributed by atoms with E-state index in [9.17, 15) is 9.90 Å². The van der Waals surface area contributed by atoms with Gasteiger partial charge in [0.1, 0.15) is 11.7 Å². The van der Waals surface area contributed by atoms with Gasteiger partial charge in [-0.15, -0.1) is 0 Å². The summed E-state index contributed by atoms with van der Waals surface area (Å²) in [6.07, 6.45) is 0.804. The number of benzene rings is 1. The molecule has 4 heteroatoms. The number of hydrogen-bond donors (Lipinski definition) is 1. The SMILES string of the molecule is CC(C)(O)CC[C@H](OC(=O)c1ccccc1)[C@]1(C)CO1. The molecule has 110 valence electrons. The van der Waals surface area contributed by atoms with Gasteiger partial charge in [-0.3, -0.25) is 0 Å². The molecule has 0 unspecified atom stereocenters. The fourth-order valence-electron chi connectivity index (χ4n) is 2.04. The molecule has 1 aliphatic heterocycles. The molecule has 0 spiro atoms. The zero-order valence-electron chi connectivity index (χ0n) is 12.3. The van der Waals surface area contributed by atoms with Gasteiger partial charge < -0.3 is 14.6 Å². The lowest BCUT2D eigenvalue weighted by molar-refractivity contribution is -0.00844. The molecule has 0 aromatic heterocycles. The molecule has 1 aromatic carbocycles. The first-order valence-electron chi connectivity index (χ1n) is 6.93. The van der Waals surface area contributed by atoms with Crippen molar-refractivity contribution in [2.24, 2.45) is 0 Å². The number of aliphatic hydroxyl groups is 1. The summed E-state index contributed by atoms with van der Waals surface area (Å²) in [4.78, 5) is 12.1. The maximum absolute atomic E-state index is 12.1. The summed E-state index contributed by atoms with van der Waals surface area (Å²) >= 11 is 0. The summed E-state index contributed by atoms with van der Waals surface area (Å²) < 4.78 is 11.0. The Kier molecular flexibility index (Phi) is 4.16. The van der Waals surface area contributed by atoms with Crippen LogP contribution in [0.25, 0.3) is 0 Å². The fraction of sp³-hybridized carbons (Fsp3) is 0.562. The molecule has 2 atom stereocenters. The third kappa shape index (κ3) is 4.05. The van der Waals surface area contributed by atoms with Crippen molar-refractivity contribution in [1.29, 1.82) is 0 Å². The van der Waals surface area contributed by atoms with Crippen LogP contribution in [0.2, 0.25) is 0 Å². The Morgan fingerprint density at radius 1 is 1.45 bits per heavy atom. The second-order valence-corrected chi connectivity index (χ2v) is 6.21. The minimum absolute atomic E-state index is 0.332. The van der Waals surface area contributed by atoms with Gasteiger partial charge in [-0.05, 0) is 45.7 Å². The molecular formula is C16H22O4. The number of carbonyl (C=O) groups excluding carboxylic acids is 1. The minimum atomic E-state index is -0.775. The number of esters is 1. The molecule has 1 N–H and O–H groups in total. The van der Waals surface area contributed by atoms with Crippen LogP contribution in [-0.4, -0.2) is 35.0 Å². The number of hydrogen-bond acceptors (Lipinski definition) is 4. The maximum atomic E-state index is 12.1. The normalized spacial score (nSPS) is 23.2. The smallest absolute Gasteiger partial charge is 0.338 e. The molecular weight excluding hydrogens is 256 g/mol. The zero-order chi connectivity index (χ0) is 14.8. The molecule has 20 heavy (non-hydrogen) atoms. The van der Waals surface area contributed by atoms with E-state index in [2.05, 4.69) is 0 Å². The summed E-state index contributed by atoms with van der Waals surface area (Å²) in [5.74, 6) is -0.344. The molecule has 2 rings (SSSR count). The standard InChI is InChI=1S/C16H22O4/c1-15(2,18)10-9-13(16(3)11-19-16)20-14(17)12-7-5-4-6-8-12/h4-8,13,18H,9-11H2,1-3H3/t13-,16-/m0/s1. The summed E-state index contributed by atoms with van der Waals surface area (Å²) in [6, 6.07) is 8.92. The number of ether oxygens (including phenoxy) is 2. The van der Waals surface area contributed by atoms with E-state index < -0.39 is 11.2 Å². The molecule has 1 aliphatic rings. The van der Waals surface area contributed by atoms with Crippen LogP contribution < -0.4 is 0 Å². The first-order chi connectivity index (χ1) is 9.30. The van der Waals surface area contributed by atoms with E-state index in [1.165, 1.54) is 0 Å². The lowest BCUT2D eigenvalue weighted by atomic mass is 9.94. The highest BCUT2D eigenvalue weighted by atomic mass is 16.6.